The number of rotatable bonds is 2. The second-order valence-corrected chi connectivity index (χ2v) is 6.90. The number of fused-ring (bicyclic) bond motifs is 4. The van der Waals surface area contributed by atoms with E-state index in [1.807, 2.05) is 30.3 Å². The molecule has 0 spiro atoms. The summed E-state index contributed by atoms with van der Waals surface area (Å²) in [6.45, 7) is 0.525. The average Bonchev–Trinajstić information content (AvgIpc) is 3.40. The molecule has 0 saturated heterocycles. The summed E-state index contributed by atoms with van der Waals surface area (Å²) >= 11 is 0. The number of cyclic esters (lactones) is 1. The van der Waals surface area contributed by atoms with Gasteiger partial charge in [0.15, 0.2) is 11.5 Å². The van der Waals surface area contributed by atoms with Crippen molar-refractivity contribution in [1.82, 2.24) is 10.2 Å². The molecule has 2 N–H and O–H groups in total. The lowest BCUT2D eigenvalue weighted by Gasteiger charge is -2.27. The highest BCUT2D eigenvalue weighted by molar-refractivity contribution is 5.99. The minimum atomic E-state index is -0.259. The first-order valence-corrected chi connectivity index (χ1v) is 8.79. The highest BCUT2D eigenvalue weighted by Crippen LogP contribution is 2.45. The number of carbonyl (C=O) groups is 1. The average molecular weight is 361 g/mol. The molecule has 3 aliphatic rings. The predicted octanol–water partition coefficient (Wildman–Crippen LogP) is 2.85. The maximum atomic E-state index is 12.5. The van der Waals surface area contributed by atoms with Crippen molar-refractivity contribution in [2.45, 2.75) is 12.3 Å². The van der Waals surface area contributed by atoms with Gasteiger partial charge in [0.1, 0.15) is 6.61 Å². The molecule has 134 valence electrons. The van der Waals surface area contributed by atoms with Gasteiger partial charge in [-0.1, -0.05) is 6.07 Å². The third kappa shape index (κ3) is 2.08. The van der Waals surface area contributed by atoms with Crippen LogP contribution in [-0.4, -0.2) is 29.6 Å². The standard InChI is InChI=1S/C20H15N3O4/c24-20-18-12(5-10-1-4-15-16(6-10)27-9-26-15)17-13(22-14(18)8-25-20)3-2-11-7-21-23-19(11)17/h1-4,6-7,12,22H,5,8-9H2,(H,21,23). The van der Waals surface area contributed by atoms with Crippen molar-refractivity contribution in [1.29, 1.82) is 0 Å². The van der Waals surface area contributed by atoms with Crippen LogP contribution in [0.15, 0.2) is 47.8 Å². The Morgan fingerprint density at radius 1 is 1.11 bits per heavy atom. The Bertz CT molecular complexity index is 1150. The fraction of sp³-hybridized carbons (Fsp3) is 0.200. The Hall–Kier alpha value is -3.48. The number of H-pyrrole nitrogens is 1. The third-order valence-electron chi connectivity index (χ3n) is 5.41. The fourth-order valence-corrected chi connectivity index (χ4v) is 4.19. The largest absolute Gasteiger partial charge is 0.456 e. The van der Waals surface area contributed by atoms with Crippen LogP contribution >= 0.6 is 0 Å². The summed E-state index contributed by atoms with van der Waals surface area (Å²) in [5, 5.41) is 11.7. The minimum Gasteiger partial charge on any atom is -0.456 e. The molecule has 0 aliphatic carbocycles. The number of ether oxygens (including phenoxy) is 3. The number of hydrogen-bond donors (Lipinski definition) is 2. The molecule has 0 fully saturated rings. The Balaban J connectivity index is 1.51. The van der Waals surface area contributed by atoms with E-state index in [9.17, 15) is 4.79 Å². The number of hydrogen-bond acceptors (Lipinski definition) is 6. The molecule has 1 atom stereocenters. The van der Waals surface area contributed by atoms with Gasteiger partial charge in [0, 0.05) is 22.6 Å². The molecule has 1 aromatic heterocycles. The van der Waals surface area contributed by atoms with E-state index in [0.29, 0.717) is 12.0 Å². The Morgan fingerprint density at radius 3 is 3.00 bits per heavy atom. The summed E-state index contributed by atoms with van der Waals surface area (Å²) in [7, 11) is 0. The summed E-state index contributed by atoms with van der Waals surface area (Å²) in [5.41, 5.74) is 5.58. The Labute approximate surface area is 153 Å². The first-order chi connectivity index (χ1) is 13.3. The zero-order chi connectivity index (χ0) is 18.0. The van der Waals surface area contributed by atoms with E-state index in [0.717, 1.165) is 44.9 Å². The van der Waals surface area contributed by atoms with Gasteiger partial charge in [-0.2, -0.15) is 5.10 Å². The number of aromatic amines is 1. The minimum absolute atomic E-state index is 0.129. The molecule has 0 amide bonds. The predicted molar refractivity (Wildman–Crippen MR) is 96.7 cm³/mol. The summed E-state index contributed by atoms with van der Waals surface area (Å²) in [6, 6.07) is 9.97. The number of carbonyl (C=O) groups excluding carboxylic acids is 1. The highest BCUT2D eigenvalue weighted by atomic mass is 16.7. The summed E-state index contributed by atoms with van der Waals surface area (Å²) in [4.78, 5) is 12.5. The van der Waals surface area contributed by atoms with Crippen LogP contribution in [-0.2, 0) is 16.0 Å². The topological polar surface area (TPSA) is 85.5 Å². The van der Waals surface area contributed by atoms with Crippen LogP contribution < -0.4 is 14.8 Å². The first kappa shape index (κ1) is 14.7. The first-order valence-electron chi connectivity index (χ1n) is 8.79. The molecule has 4 heterocycles. The normalized spacial score (nSPS) is 19.7. The monoisotopic (exact) mass is 361 g/mol. The van der Waals surface area contributed by atoms with Gasteiger partial charge in [0.25, 0.3) is 0 Å². The molecule has 1 unspecified atom stereocenters. The van der Waals surface area contributed by atoms with Crippen molar-refractivity contribution in [2.24, 2.45) is 0 Å². The van der Waals surface area contributed by atoms with E-state index in [-0.39, 0.29) is 25.3 Å². The number of aromatic nitrogens is 2. The lowest BCUT2D eigenvalue weighted by molar-refractivity contribution is -0.136. The second-order valence-electron chi connectivity index (χ2n) is 6.90. The van der Waals surface area contributed by atoms with Crippen LogP contribution in [0.25, 0.3) is 10.9 Å². The number of benzene rings is 2. The van der Waals surface area contributed by atoms with Crippen LogP contribution in [0.1, 0.15) is 17.0 Å². The lowest BCUT2D eigenvalue weighted by Crippen LogP contribution is -2.21. The summed E-state index contributed by atoms with van der Waals surface area (Å²) in [5.74, 6) is 1.10. The number of anilines is 1. The molecule has 7 nitrogen and oxygen atoms in total. The van der Waals surface area contributed by atoms with Crippen LogP contribution in [0.4, 0.5) is 5.69 Å². The second kappa shape index (κ2) is 5.26. The van der Waals surface area contributed by atoms with E-state index < -0.39 is 0 Å². The number of nitrogens with one attached hydrogen (secondary N) is 2. The van der Waals surface area contributed by atoms with E-state index >= 15 is 0 Å². The molecule has 3 aliphatic heterocycles. The quantitative estimate of drug-likeness (QED) is 0.683. The van der Waals surface area contributed by atoms with Crippen molar-refractivity contribution < 1.29 is 19.0 Å². The van der Waals surface area contributed by atoms with Crippen molar-refractivity contribution in [3.8, 4) is 11.5 Å². The van der Waals surface area contributed by atoms with E-state index in [1.54, 1.807) is 6.20 Å². The van der Waals surface area contributed by atoms with Crippen molar-refractivity contribution in [3.63, 3.8) is 0 Å². The Morgan fingerprint density at radius 2 is 2.04 bits per heavy atom. The molecule has 27 heavy (non-hydrogen) atoms. The lowest BCUT2D eigenvalue weighted by atomic mass is 9.81. The van der Waals surface area contributed by atoms with Crippen LogP contribution in [0.2, 0.25) is 0 Å². The maximum Gasteiger partial charge on any atom is 0.336 e. The van der Waals surface area contributed by atoms with E-state index in [2.05, 4.69) is 15.5 Å². The number of esters is 1. The molecular formula is C20H15N3O4. The maximum absolute atomic E-state index is 12.5. The molecule has 0 bridgehead atoms. The number of nitrogens with zero attached hydrogens (tertiary/aromatic N) is 1. The molecule has 7 heteroatoms. The van der Waals surface area contributed by atoms with E-state index in [4.69, 9.17) is 14.2 Å². The molecule has 3 aromatic rings. The summed E-state index contributed by atoms with van der Waals surface area (Å²) in [6.07, 6.45) is 2.45. The Kier molecular flexibility index (Phi) is 2.86. The van der Waals surface area contributed by atoms with Crippen LogP contribution in [0.5, 0.6) is 11.5 Å². The zero-order valence-electron chi connectivity index (χ0n) is 14.2. The summed E-state index contributed by atoms with van der Waals surface area (Å²) < 4.78 is 16.2. The third-order valence-corrected chi connectivity index (χ3v) is 5.41. The van der Waals surface area contributed by atoms with Gasteiger partial charge in [-0.25, -0.2) is 4.79 Å². The molecular weight excluding hydrogens is 346 g/mol. The molecule has 0 radical (unpaired) electrons. The van der Waals surface area contributed by atoms with Gasteiger partial charge >= 0.3 is 5.97 Å². The molecule has 2 aromatic carbocycles. The van der Waals surface area contributed by atoms with E-state index in [1.165, 1.54) is 0 Å². The van der Waals surface area contributed by atoms with Crippen molar-refractivity contribution >= 4 is 22.6 Å². The molecule has 0 saturated carbocycles. The fourth-order valence-electron chi connectivity index (χ4n) is 4.19. The van der Waals surface area contributed by atoms with Gasteiger partial charge in [-0.3, -0.25) is 5.10 Å². The van der Waals surface area contributed by atoms with Crippen molar-refractivity contribution in [3.05, 3.63) is 58.9 Å². The van der Waals surface area contributed by atoms with Gasteiger partial charge < -0.3 is 19.5 Å². The van der Waals surface area contributed by atoms with Crippen LogP contribution in [0, 0.1) is 0 Å². The van der Waals surface area contributed by atoms with Crippen LogP contribution in [0.3, 0.4) is 0 Å². The zero-order valence-corrected chi connectivity index (χ0v) is 14.2. The van der Waals surface area contributed by atoms with Gasteiger partial charge in [0.2, 0.25) is 6.79 Å². The SMILES string of the molecule is O=C1OCC2=C1C(Cc1ccc3c(c1)OCO3)c1c(ccc3cn[nH]c13)N2. The van der Waals surface area contributed by atoms with Gasteiger partial charge in [-0.15, -0.1) is 0 Å². The van der Waals surface area contributed by atoms with Gasteiger partial charge in [-0.05, 0) is 36.2 Å². The smallest absolute Gasteiger partial charge is 0.336 e. The highest BCUT2D eigenvalue weighted by Gasteiger charge is 2.38. The van der Waals surface area contributed by atoms with Gasteiger partial charge in [0.05, 0.1) is 23.0 Å². The van der Waals surface area contributed by atoms with Crippen molar-refractivity contribution in [2.75, 3.05) is 18.7 Å². The molecule has 6 rings (SSSR count).